The first kappa shape index (κ1) is 24.8. The number of nitrogens with one attached hydrogen (secondary N) is 1. The number of pyridine rings is 1. The van der Waals surface area contributed by atoms with Crippen LogP contribution in [0.4, 0.5) is 23.7 Å². The van der Waals surface area contributed by atoms with Gasteiger partial charge in [-0.05, 0) is 44.9 Å². The lowest BCUT2D eigenvalue weighted by atomic mass is 10.1. The second-order valence-corrected chi connectivity index (χ2v) is 9.57. The number of alkyl halides is 3. The fourth-order valence-electron chi connectivity index (χ4n) is 3.12. The zero-order chi connectivity index (χ0) is 24.2. The van der Waals surface area contributed by atoms with Gasteiger partial charge in [-0.1, -0.05) is 17.7 Å². The molecule has 1 fully saturated rings. The smallest absolute Gasteiger partial charge is 0.425 e. The van der Waals surface area contributed by atoms with E-state index >= 15 is 0 Å². The van der Waals surface area contributed by atoms with E-state index in [1.807, 2.05) is 6.92 Å². The van der Waals surface area contributed by atoms with Crippen LogP contribution in [0.3, 0.4) is 0 Å². The Morgan fingerprint density at radius 2 is 1.79 bits per heavy atom. The number of carbonyl (C=O) groups excluding carboxylic acids is 1. The van der Waals surface area contributed by atoms with Gasteiger partial charge in [0.2, 0.25) is 15.9 Å². The van der Waals surface area contributed by atoms with Crippen molar-refractivity contribution in [3.63, 3.8) is 0 Å². The molecule has 1 saturated heterocycles. The van der Waals surface area contributed by atoms with Crippen LogP contribution in [-0.2, 0) is 14.8 Å². The Bertz CT molecular complexity index is 1050. The maximum absolute atomic E-state index is 12.7. The third-order valence-corrected chi connectivity index (χ3v) is 6.99. The number of nitrogens with zero attached hydrogens (tertiary/aromatic N) is 2. The summed E-state index contributed by atoms with van der Waals surface area (Å²) in [4.78, 5) is 16.1. The third kappa shape index (κ3) is 6.57. The molecule has 1 aliphatic rings. The lowest BCUT2D eigenvalue weighted by Gasteiger charge is -2.30. The van der Waals surface area contributed by atoms with E-state index < -0.39 is 34.5 Å². The van der Waals surface area contributed by atoms with Crippen molar-refractivity contribution in [3.8, 4) is 5.88 Å². The Morgan fingerprint density at radius 1 is 1.15 bits per heavy atom. The number of carbonyl (C=O) groups is 1. The van der Waals surface area contributed by atoms with Crippen LogP contribution in [0.5, 0.6) is 5.88 Å². The highest BCUT2D eigenvalue weighted by molar-refractivity contribution is 7.89. The van der Waals surface area contributed by atoms with Crippen LogP contribution in [0.2, 0.25) is 0 Å². The summed E-state index contributed by atoms with van der Waals surface area (Å²) in [5.41, 5.74) is 1.17. The molecule has 12 heteroatoms. The Balaban J connectivity index is 1.48. The van der Waals surface area contributed by atoms with Gasteiger partial charge < -0.3 is 9.47 Å². The van der Waals surface area contributed by atoms with Gasteiger partial charge in [0.1, 0.15) is 6.10 Å². The van der Waals surface area contributed by atoms with E-state index in [0.29, 0.717) is 12.8 Å². The van der Waals surface area contributed by atoms with Gasteiger partial charge in [0, 0.05) is 19.2 Å². The monoisotopic (exact) mass is 487 g/mol. The Labute approximate surface area is 189 Å². The van der Waals surface area contributed by atoms with E-state index in [0.717, 1.165) is 18.7 Å². The van der Waals surface area contributed by atoms with Crippen molar-refractivity contribution in [1.29, 1.82) is 0 Å². The molecule has 0 aliphatic carbocycles. The average Bonchev–Trinajstić information content (AvgIpc) is 2.75. The van der Waals surface area contributed by atoms with Gasteiger partial charge in [-0.25, -0.2) is 18.2 Å². The number of piperidine rings is 1. The van der Waals surface area contributed by atoms with Crippen molar-refractivity contribution >= 4 is 21.8 Å². The molecule has 1 atom stereocenters. The molecule has 0 radical (unpaired) electrons. The molecule has 2 aromatic rings. The highest BCUT2D eigenvalue weighted by Crippen LogP contribution is 2.25. The predicted octanol–water partition coefficient (Wildman–Crippen LogP) is 4.12. The number of aromatic nitrogens is 1. The molecule has 8 nitrogen and oxygen atoms in total. The summed E-state index contributed by atoms with van der Waals surface area (Å²) in [5.74, 6) is -0.235. The first-order valence-corrected chi connectivity index (χ1v) is 11.6. The average molecular weight is 488 g/mol. The first-order chi connectivity index (χ1) is 15.4. The maximum Gasteiger partial charge on any atom is 0.425 e. The van der Waals surface area contributed by atoms with Gasteiger partial charge in [0.25, 0.3) is 0 Å². The molecule has 1 aromatic heterocycles. The van der Waals surface area contributed by atoms with E-state index in [1.54, 1.807) is 24.3 Å². The topological polar surface area (TPSA) is 97.8 Å². The van der Waals surface area contributed by atoms with Gasteiger partial charge >= 0.3 is 12.3 Å². The number of hydrogen-bond donors (Lipinski definition) is 1. The van der Waals surface area contributed by atoms with Crippen molar-refractivity contribution in [2.75, 3.05) is 18.4 Å². The van der Waals surface area contributed by atoms with Crippen molar-refractivity contribution < 1.29 is 35.9 Å². The zero-order valence-corrected chi connectivity index (χ0v) is 18.8. The Morgan fingerprint density at radius 3 is 2.33 bits per heavy atom. The van der Waals surface area contributed by atoms with E-state index in [4.69, 9.17) is 9.47 Å². The van der Waals surface area contributed by atoms with E-state index in [1.165, 1.54) is 16.4 Å². The number of ether oxygens (including phenoxy) is 2. The highest BCUT2D eigenvalue weighted by Gasteiger charge is 2.38. The van der Waals surface area contributed by atoms with Crippen LogP contribution in [0.15, 0.2) is 47.5 Å². The third-order valence-electron chi connectivity index (χ3n) is 5.07. The lowest BCUT2D eigenvalue weighted by molar-refractivity contribution is -0.189. The van der Waals surface area contributed by atoms with Gasteiger partial charge in [-0.2, -0.15) is 17.5 Å². The van der Waals surface area contributed by atoms with E-state index in [-0.39, 0.29) is 29.6 Å². The molecule has 33 heavy (non-hydrogen) atoms. The van der Waals surface area contributed by atoms with Crippen LogP contribution in [0.1, 0.15) is 25.3 Å². The van der Waals surface area contributed by atoms with Crippen LogP contribution < -0.4 is 10.1 Å². The second kappa shape index (κ2) is 9.96. The summed E-state index contributed by atoms with van der Waals surface area (Å²) in [6.07, 6.45) is -5.97. The minimum absolute atomic E-state index is 0.207. The molecular formula is C21H24F3N3O5S. The quantitative estimate of drug-likeness (QED) is 0.658. The fourth-order valence-corrected chi connectivity index (χ4v) is 4.59. The summed E-state index contributed by atoms with van der Waals surface area (Å²) in [7, 11) is -3.61. The number of sulfonamides is 1. The van der Waals surface area contributed by atoms with Crippen molar-refractivity contribution in [3.05, 3.63) is 48.2 Å². The molecule has 0 bridgehead atoms. The second-order valence-electron chi connectivity index (χ2n) is 7.63. The van der Waals surface area contributed by atoms with Gasteiger partial charge in [0.15, 0.2) is 6.10 Å². The van der Waals surface area contributed by atoms with Crippen molar-refractivity contribution in [2.45, 2.75) is 50.0 Å². The van der Waals surface area contributed by atoms with Crippen LogP contribution in [0.25, 0.3) is 0 Å². The largest absolute Gasteiger partial charge is 0.465 e. The zero-order valence-electron chi connectivity index (χ0n) is 18.0. The SMILES string of the molecule is Cc1ccc(S(=O)(=O)N2CCC(OC(=O)Nc3ccc(OC(C)C(F)(F)F)nc3)CC2)cc1. The van der Waals surface area contributed by atoms with Crippen LogP contribution in [-0.4, -0.2) is 55.3 Å². The Kier molecular flexibility index (Phi) is 7.48. The predicted molar refractivity (Wildman–Crippen MR) is 113 cm³/mol. The fraction of sp³-hybridized carbons (Fsp3) is 0.429. The van der Waals surface area contributed by atoms with Crippen molar-refractivity contribution in [2.24, 2.45) is 0 Å². The molecule has 2 heterocycles. The normalized spacial score (nSPS) is 16.8. The Hall–Kier alpha value is -2.86. The van der Waals surface area contributed by atoms with Crippen LogP contribution >= 0.6 is 0 Å². The summed E-state index contributed by atoms with van der Waals surface area (Å²) < 4.78 is 74.5. The van der Waals surface area contributed by atoms with Gasteiger partial charge in [0.05, 0.1) is 16.8 Å². The van der Waals surface area contributed by atoms with Gasteiger partial charge in [-0.15, -0.1) is 0 Å². The number of rotatable bonds is 6. The summed E-state index contributed by atoms with van der Waals surface area (Å²) in [6, 6.07) is 9.13. The number of amides is 1. The minimum Gasteiger partial charge on any atom is -0.465 e. The molecule has 3 rings (SSSR count). The summed E-state index contributed by atoms with van der Waals surface area (Å²) in [6.45, 7) is 3.15. The first-order valence-electron chi connectivity index (χ1n) is 10.2. The summed E-state index contributed by atoms with van der Waals surface area (Å²) in [5, 5.41) is 2.44. The standard InChI is InChI=1S/C21H24F3N3O5S/c1-14-3-6-18(7-4-14)33(29,30)27-11-9-17(10-12-27)32-20(28)26-16-5-8-19(25-13-16)31-15(2)21(22,23)24/h3-8,13,15,17H,9-12H2,1-2H3,(H,26,28). The number of benzene rings is 1. The summed E-state index contributed by atoms with van der Waals surface area (Å²) >= 11 is 0. The molecule has 1 aromatic carbocycles. The minimum atomic E-state index is -4.52. The molecule has 1 N–H and O–H groups in total. The molecule has 0 spiro atoms. The number of hydrogen-bond acceptors (Lipinski definition) is 6. The van der Waals surface area contributed by atoms with E-state index in [9.17, 15) is 26.4 Å². The lowest BCUT2D eigenvalue weighted by Crippen LogP contribution is -2.41. The van der Waals surface area contributed by atoms with Crippen molar-refractivity contribution in [1.82, 2.24) is 9.29 Å². The molecule has 1 unspecified atom stereocenters. The van der Waals surface area contributed by atoms with Gasteiger partial charge in [-0.3, -0.25) is 5.32 Å². The molecular weight excluding hydrogens is 463 g/mol. The molecule has 0 saturated carbocycles. The maximum atomic E-state index is 12.7. The molecule has 1 amide bonds. The highest BCUT2D eigenvalue weighted by atomic mass is 32.2. The van der Waals surface area contributed by atoms with E-state index in [2.05, 4.69) is 10.3 Å². The number of anilines is 1. The van der Waals surface area contributed by atoms with Crippen LogP contribution in [0, 0.1) is 6.92 Å². The molecule has 180 valence electrons. The number of halogens is 3. The number of aryl methyl sites for hydroxylation is 1. The molecule has 1 aliphatic heterocycles.